The molecule has 0 spiro atoms. The summed E-state index contributed by atoms with van der Waals surface area (Å²) >= 11 is 0. The van der Waals surface area contributed by atoms with E-state index >= 15 is 0 Å². The first kappa shape index (κ1) is 25.8. The summed E-state index contributed by atoms with van der Waals surface area (Å²) in [7, 11) is -0.994. The molecular weight excluding hydrogens is 424 g/mol. The topological polar surface area (TPSA) is 80.6 Å². The number of halogens is 3. The molecule has 2 rings (SSSR count). The van der Waals surface area contributed by atoms with Gasteiger partial charge in [-0.2, -0.15) is 18.4 Å². The van der Waals surface area contributed by atoms with Gasteiger partial charge in [0.05, 0.1) is 28.4 Å². The lowest BCUT2D eigenvalue weighted by atomic mass is 9.76. The zero-order valence-electron chi connectivity index (χ0n) is 19.3. The van der Waals surface area contributed by atoms with Crippen molar-refractivity contribution in [2.24, 2.45) is 0 Å². The van der Waals surface area contributed by atoms with E-state index in [2.05, 4.69) is 5.32 Å². The monoisotopic (exact) mass is 452 g/mol. The Balaban J connectivity index is 2.47. The summed E-state index contributed by atoms with van der Waals surface area (Å²) < 4.78 is 58.1. The molecule has 6 nitrogen and oxygen atoms in total. The van der Waals surface area contributed by atoms with Crippen LogP contribution in [0, 0.1) is 11.3 Å². The third-order valence-electron chi connectivity index (χ3n) is 5.22. The molecule has 1 N–H and O–H groups in total. The van der Waals surface area contributed by atoms with Gasteiger partial charge in [0, 0.05) is 6.54 Å². The zero-order valence-corrected chi connectivity index (χ0v) is 19.3. The van der Waals surface area contributed by atoms with Crippen LogP contribution >= 0.6 is 0 Å². The van der Waals surface area contributed by atoms with E-state index in [9.17, 15) is 18.0 Å². The number of alkyl halides is 3. The molecule has 174 valence electrons. The van der Waals surface area contributed by atoms with Gasteiger partial charge in [0.1, 0.15) is 5.60 Å². The van der Waals surface area contributed by atoms with Crippen molar-refractivity contribution in [2.75, 3.05) is 6.54 Å². The van der Waals surface area contributed by atoms with E-state index in [0.717, 1.165) is 6.07 Å². The van der Waals surface area contributed by atoms with E-state index in [1.807, 2.05) is 27.7 Å². The number of nitrogens with zero attached hydrogens (tertiary/aromatic N) is 1. The summed E-state index contributed by atoms with van der Waals surface area (Å²) in [5.41, 5.74) is -3.20. The summed E-state index contributed by atoms with van der Waals surface area (Å²) in [6, 6.07) is 5.01. The lowest BCUT2D eigenvalue weighted by Crippen LogP contribution is -2.41. The highest BCUT2D eigenvalue weighted by atomic mass is 19.4. The maximum absolute atomic E-state index is 13.6. The quantitative estimate of drug-likeness (QED) is 0.642. The summed E-state index contributed by atoms with van der Waals surface area (Å²) in [6.07, 6.45) is -4.14. The minimum Gasteiger partial charge on any atom is -0.444 e. The Morgan fingerprint density at radius 2 is 1.75 bits per heavy atom. The fraction of sp³-hybridized carbons (Fsp3) is 0.545. The normalized spacial score (nSPS) is 18.3. The summed E-state index contributed by atoms with van der Waals surface area (Å²) in [5, 5.41) is 11.5. The van der Waals surface area contributed by atoms with E-state index in [1.54, 1.807) is 26.8 Å². The highest BCUT2D eigenvalue weighted by molar-refractivity contribution is 6.56. The Morgan fingerprint density at radius 1 is 1.19 bits per heavy atom. The van der Waals surface area contributed by atoms with Gasteiger partial charge in [0.2, 0.25) is 0 Å². The molecule has 0 aliphatic carbocycles. The predicted molar refractivity (Wildman–Crippen MR) is 114 cm³/mol. The number of carbonyl (C=O) groups is 1. The fourth-order valence-corrected chi connectivity index (χ4v) is 2.88. The van der Waals surface area contributed by atoms with Gasteiger partial charge in [0.25, 0.3) is 0 Å². The predicted octanol–water partition coefficient (Wildman–Crippen LogP) is 5.12. The SMILES string of the molecule is CC(C)(C)OC(=O)NCC(=Cc1ccc(C#N)cc1C(F)(F)F)B1OC(C)(C)C(C)(C)O1. The second-order valence-corrected chi connectivity index (χ2v) is 9.57. The molecule has 0 unspecified atom stereocenters. The van der Waals surface area contributed by atoms with Crippen molar-refractivity contribution in [2.45, 2.75) is 71.4 Å². The van der Waals surface area contributed by atoms with Crippen LogP contribution in [-0.4, -0.2) is 36.6 Å². The molecule has 32 heavy (non-hydrogen) atoms. The number of hydrogen-bond acceptors (Lipinski definition) is 5. The molecular formula is C22H28BF3N2O4. The molecule has 1 saturated heterocycles. The Bertz CT molecular complexity index is 928. The van der Waals surface area contributed by atoms with E-state index in [1.165, 1.54) is 18.2 Å². The van der Waals surface area contributed by atoms with Crippen LogP contribution in [0.1, 0.15) is 65.2 Å². The Labute approximate surface area is 186 Å². The number of rotatable bonds is 4. The third-order valence-corrected chi connectivity index (χ3v) is 5.22. The van der Waals surface area contributed by atoms with Gasteiger partial charge in [-0.1, -0.05) is 12.1 Å². The Morgan fingerprint density at radius 3 is 2.22 bits per heavy atom. The van der Waals surface area contributed by atoms with Crippen LogP contribution in [0.15, 0.2) is 23.7 Å². The molecule has 1 heterocycles. The number of benzene rings is 1. The second kappa shape index (κ2) is 8.79. The van der Waals surface area contributed by atoms with E-state index in [-0.39, 0.29) is 23.1 Å². The standard InChI is InChI=1S/C22H28BF3N2O4/c1-19(2,3)30-18(29)28-13-16(23-31-20(4,5)21(6,7)32-23)11-15-9-8-14(12-27)10-17(15)22(24,25)26/h8-11H,13H2,1-7H3,(H,28,29). The molecule has 1 aliphatic rings. The van der Waals surface area contributed by atoms with E-state index < -0.39 is 41.8 Å². The van der Waals surface area contributed by atoms with Crippen LogP contribution < -0.4 is 5.32 Å². The van der Waals surface area contributed by atoms with Crippen molar-refractivity contribution in [1.29, 1.82) is 5.26 Å². The maximum atomic E-state index is 13.6. The highest BCUT2D eigenvalue weighted by Gasteiger charge is 2.52. The molecule has 1 aromatic carbocycles. The Kier molecular flexibility index (Phi) is 7.08. The summed E-state index contributed by atoms with van der Waals surface area (Å²) in [4.78, 5) is 12.1. The number of nitrogens with one attached hydrogen (secondary N) is 1. The number of nitriles is 1. The van der Waals surface area contributed by atoms with Crippen molar-refractivity contribution in [3.05, 3.63) is 40.4 Å². The molecule has 0 radical (unpaired) electrons. The number of hydrogen-bond donors (Lipinski definition) is 1. The molecule has 0 saturated carbocycles. The summed E-state index contributed by atoms with van der Waals surface area (Å²) in [5.74, 6) is 0. The lowest BCUT2D eigenvalue weighted by molar-refractivity contribution is -0.137. The van der Waals surface area contributed by atoms with Gasteiger partial charge in [-0.05, 0) is 71.6 Å². The molecule has 10 heteroatoms. The van der Waals surface area contributed by atoms with Gasteiger partial charge >= 0.3 is 19.4 Å². The molecule has 1 fully saturated rings. The molecule has 0 bridgehead atoms. The average molecular weight is 452 g/mol. The van der Waals surface area contributed by atoms with Crippen LogP contribution in [0.3, 0.4) is 0 Å². The third kappa shape index (κ3) is 6.27. The van der Waals surface area contributed by atoms with Gasteiger partial charge in [0.15, 0.2) is 0 Å². The van der Waals surface area contributed by atoms with Crippen molar-refractivity contribution in [1.82, 2.24) is 5.32 Å². The highest BCUT2D eigenvalue weighted by Crippen LogP contribution is 2.39. The largest absolute Gasteiger partial charge is 0.492 e. The van der Waals surface area contributed by atoms with Gasteiger partial charge in [-0.3, -0.25) is 0 Å². The molecule has 1 aliphatic heterocycles. The molecule has 1 amide bonds. The lowest BCUT2D eigenvalue weighted by Gasteiger charge is -2.32. The number of carbonyl (C=O) groups excluding carboxylic acids is 1. The Hall–Kier alpha value is -2.51. The fourth-order valence-electron chi connectivity index (χ4n) is 2.88. The van der Waals surface area contributed by atoms with Crippen molar-refractivity contribution in [3.63, 3.8) is 0 Å². The van der Waals surface area contributed by atoms with Crippen molar-refractivity contribution >= 4 is 19.3 Å². The first-order valence-electron chi connectivity index (χ1n) is 10.1. The molecule has 1 aromatic rings. The number of alkyl carbamates (subject to hydrolysis) is 1. The van der Waals surface area contributed by atoms with Crippen molar-refractivity contribution < 1.29 is 32.0 Å². The van der Waals surface area contributed by atoms with Crippen LogP contribution in [0.2, 0.25) is 0 Å². The first-order valence-corrected chi connectivity index (χ1v) is 10.1. The number of ether oxygens (including phenoxy) is 1. The van der Waals surface area contributed by atoms with E-state index in [0.29, 0.717) is 0 Å². The maximum Gasteiger partial charge on any atom is 0.492 e. The van der Waals surface area contributed by atoms with Crippen LogP contribution in [-0.2, 0) is 20.2 Å². The van der Waals surface area contributed by atoms with Crippen LogP contribution in [0.4, 0.5) is 18.0 Å². The minimum absolute atomic E-state index is 0.112. The van der Waals surface area contributed by atoms with Crippen molar-refractivity contribution in [3.8, 4) is 6.07 Å². The van der Waals surface area contributed by atoms with E-state index in [4.69, 9.17) is 19.3 Å². The van der Waals surface area contributed by atoms with Crippen LogP contribution in [0.25, 0.3) is 6.08 Å². The van der Waals surface area contributed by atoms with Gasteiger partial charge < -0.3 is 19.4 Å². The minimum atomic E-state index is -4.68. The second-order valence-electron chi connectivity index (χ2n) is 9.57. The smallest absolute Gasteiger partial charge is 0.444 e. The number of amides is 1. The molecule has 0 aromatic heterocycles. The van der Waals surface area contributed by atoms with Crippen LogP contribution in [0.5, 0.6) is 0 Å². The summed E-state index contributed by atoms with van der Waals surface area (Å²) in [6.45, 7) is 12.2. The average Bonchev–Trinajstić information content (AvgIpc) is 2.83. The molecule has 0 atom stereocenters. The first-order chi connectivity index (χ1) is 14.4. The zero-order chi connectivity index (χ0) is 24.5. The van der Waals surface area contributed by atoms with Gasteiger partial charge in [-0.15, -0.1) is 0 Å². The van der Waals surface area contributed by atoms with Gasteiger partial charge in [-0.25, -0.2) is 4.79 Å².